The molecule has 0 spiro atoms. The molecule has 14 heavy (non-hydrogen) atoms. The zero-order valence-electron chi connectivity index (χ0n) is 7.73. The van der Waals surface area contributed by atoms with E-state index in [1.807, 2.05) is 0 Å². The van der Waals surface area contributed by atoms with Crippen LogP contribution in [0.5, 0.6) is 0 Å². The first-order valence-corrected chi connectivity index (χ1v) is 8.39. The molecule has 2 rings (SSSR count). The third-order valence-corrected chi connectivity index (χ3v) is 9.70. The maximum atomic E-state index is 10.6. The van der Waals surface area contributed by atoms with Gasteiger partial charge in [-0.25, -0.2) is 0 Å². The summed E-state index contributed by atoms with van der Waals surface area (Å²) in [6.07, 6.45) is 0. The number of rotatable bonds is 2. The van der Waals surface area contributed by atoms with Crippen molar-refractivity contribution >= 4 is 33.9 Å². The van der Waals surface area contributed by atoms with Crippen molar-refractivity contribution in [2.24, 2.45) is 0 Å². The zero-order valence-corrected chi connectivity index (χ0v) is 10.5. The molecule has 0 bridgehead atoms. The van der Waals surface area contributed by atoms with Crippen LogP contribution in [0.3, 0.4) is 0 Å². The van der Waals surface area contributed by atoms with Gasteiger partial charge in [0.15, 0.2) is 18.1 Å². The molecule has 72 valence electrons. The Hall–Kier alpha value is -0.410. The maximum Gasteiger partial charge on any atom is 0.303 e. The highest BCUT2D eigenvalue weighted by Crippen LogP contribution is 2.51. The van der Waals surface area contributed by atoms with Gasteiger partial charge in [0.1, 0.15) is 6.61 Å². The van der Waals surface area contributed by atoms with Crippen molar-refractivity contribution in [2.45, 2.75) is 13.5 Å². The predicted molar refractivity (Wildman–Crippen MR) is 64.0 cm³/mol. The minimum Gasteiger partial charge on any atom is -0.458 e. The van der Waals surface area contributed by atoms with Gasteiger partial charge in [0, 0.05) is 20.6 Å². The number of ether oxygens (including phenoxy) is 1. The molecule has 2 atom stereocenters. The summed E-state index contributed by atoms with van der Waals surface area (Å²) >= 11 is 0. The average Bonchev–Trinajstić information content (AvgIpc) is 2.57. The molecule has 2 aromatic rings. The van der Waals surface area contributed by atoms with Gasteiger partial charge in [-0.15, -0.1) is 0 Å². The maximum absolute atomic E-state index is 10.6. The molecule has 2 unspecified atom stereocenters. The fourth-order valence-corrected chi connectivity index (χ4v) is 9.23. The average molecular weight is 243 g/mol. The topological polar surface area (TPSA) is 26.3 Å². The Labute approximate surface area is 86.4 Å². The van der Waals surface area contributed by atoms with Gasteiger partial charge in [-0.1, -0.05) is 6.07 Å². The largest absolute Gasteiger partial charge is 0.458 e. The van der Waals surface area contributed by atoms with Crippen LogP contribution in [0.2, 0.25) is 0 Å². The highest BCUT2D eigenvalue weighted by molar-refractivity contribution is 8.06. The second-order valence-electron chi connectivity index (χ2n) is 2.88. The molecular weight excluding hydrogens is 233 g/mol. The Morgan fingerprint density at radius 3 is 3.21 bits per heavy atom. The van der Waals surface area contributed by atoms with Crippen LogP contribution in [-0.4, -0.2) is 5.97 Å². The number of hydrogen-bond donors (Lipinski definition) is 0. The number of hydrogen-bond acceptors (Lipinski definition) is 2. The number of carbonyl (C=O) groups excluding carboxylic acids is 1. The van der Waals surface area contributed by atoms with Gasteiger partial charge >= 0.3 is 5.97 Å². The summed E-state index contributed by atoms with van der Waals surface area (Å²) in [4.78, 5) is 12.2. The Morgan fingerprint density at radius 2 is 2.50 bits per heavy atom. The van der Waals surface area contributed by atoms with E-state index in [-0.39, 0.29) is 13.0 Å². The van der Waals surface area contributed by atoms with E-state index in [1.54, 1.807) is 0 Å². The van der Waals surface area contributed by atoms with Crippen LogP contribution >= 0.6 is 23.1 Å². The SMILES string of the molecule is CC(=O)OCc1pc2cccc[p+]2[pH]1. The molecule has 2 nitrogen and oxygen atoms in total. The molecule has 2 aromatic heterocycles. The summed E-state index contributed by atoms with van der Waals surface area (Å²) in [5.41, 5.74) is 0. The van der Waals surface area contributed by atoms with Gasteiger partial charge in [0.25, 0.3) is 0 Å². The monoisotopic (exact) mass is 243 g/mol. The highest BCUT2D eigenvalue weighted by Gasteiger charge is 2.12. The normalized spacial score (nSPS) is 12.8. The Balaban J connectivity index is 2.22. The van der Waals surface area contributed by atoms with E-state index in [9.17, 15) is 4.79 Å². The smallest absolute Gasteiger partial charge is 0.303 e. The van der Waals surface area contributed by atoms with Crippen LogP contribution in [0.15, 0.2) is 24.0 Å². The lowest BCUT2D eigenvalue weighted by Crippen LogP contribution is -1.95. The second kappa shape index (κ2) is 4.41. The molecule has 0 saturated heterocycles. The first-order valence-electron chi connectivity index (χ1n) is 4.24. The molecule has 2 heterocycles. The molecule has 0 saturated carbocycles. The van der Waals surface area contributed by atoms with Gasteiger partial charge in [0.05, 0.1) is 7.02 Å². The van der Waals surface area contributed by atoms with Crippen LogP contribution < -0.4 is 0 Å². The molecular formula is C9H10O2P3+. The van der Waals surface area contributed by atoms with Crippen molar-refractivity contribution < 1.29 is 9.53 Å². The summed E-state index contributed by atoms with van der Waals surface area (Å²) < 4.78 is 5.00. The molecule has 0 amide bonds. The summed E-state index contributed by atoms with van der Waals surface area (Å²) in [6.45, 7) is 1.97. The van der Waals surface area contributed by atoms with E-state index in [1.165, 1.54) is 25.0 Å². The molecule has 0 aromatic carbocycles. The third kappa shape index (κ3) is 2.34. The molecule has 0 radical (unpaired) electrons. The quantitative estimate of drug-likeness (QED) is 0.743. The van der Waals surface area contributed by atoms with Crippen LogP contribution in [0, 0.1) is 0 Å². The highest BCUT2D eigenvalue weighted by atomic mass is 31.8. The first kappa shape index (κ1) is 10.1. The molecule has 5 heteroatoms. The number of esters is 1. The van der Waals surface area contributed by atoms with Crippen LogP contribution in [0.4, 0.5) is 0 Å². The van der Waals surface area contributed by atoms with Crippen molar-refractivity contribution in [3.05, 3.63) is 29.0 Å². The van der Waals surface area contributed by atoms with Gasteiger partial charge in [0.2, 0.25) is 0 Å². The van der Waals surface area contributed by atoms with Crippen molar-refractivity contribution in [1.82, 2.24) is 0 Å². The van der Waals surface area contributed by atoms with Crippen LogP contribution in [0.25, 0.3) is 4.85 Å². The van der Waals surface area contributed by atoms with E-state index in [0.717, 1.165) is 7.87 Å². The van der Waals surface area contributed by atoms with Gasteiger partial charge < -0.3 is 4.74 Å². The minimum absolute atomic E-state index is 0.0534. The van der Waals surface area contributed by atoms with E-state index in [2.05, 4.69) is 24.0 Å². The van der Waals surface area contributed by atoms with Gasteiger partial charge in [-0.3, -0.25) is 4.79 Å². The minimum atomic E-state index is -0.184. The van der Waals surface area contributed by atoms with E-state index in [0.29, 0.717) is 6.61 Å². The summed E-state index contributed by atoms with van der Waals surface area (Å²) in [6, 6.07) is 6.40. The van der Waals surface area contributed by atoms with Crippen LogP contribution in [-0.2, 0) is 16.1 Å². The van der Waals surface area contributed by atoms with Gasteiger partial charge in [-0.2, -0.15) is 0 Å². The van der Waals surface area contributed by atoms with Crippen molar-refractivity contribution in [2.75, 3.05) is 0 Å². The summed E-state index contributed by atoms with van der Waals surface area (Å²) in [7, 11) is 2.08. The fraction of sp³-hybridized carbons (Fsp3) is 0.222. The van der Waals surface area contributed by atoms with Crippen molar-refractivity contribution in [3.8, 4) is 0 Å². The van der Waals surface area contributed by atoms with E-state index >= 15 is 0 Å². The second-order valence-corrected chi connectivity index (χ2v) is 9.36. The lowest BCUT2D eigenvalue weighted by molar-refractivity contribution is -0.142. The number of carbonyl (C=O) groups is 1. The summed E-state index contributed by atoms with van der Waals surface area (Å²) in [5, 5.41) is 1.36. The zero-order chi connectivity index (χ0) is 9.97. The Kier molecular flexibility index (Phi) is 3.19. The molecule has 0 N–H and O–H groups in total. The number of fused-ring (bicyclic) bond motifs is 1. The van der Waals surface area contributed by atoms with Crippen molar-refractivity contribution in [1.29, 1.82) is 0 Å². The van der Waals surface area contributed by atoms with E-state index < -0.39 is 0 Å². The van der Waals surface area contributed by atoms with E-state index in [4.69, 9.17) is 4.74 Å². The lowest BCUT2D eigenvalue weighted by atomic mass is 10.6. The predicted octanol–water partition coefficient (Wildman–Crippen LogP) is 4.08. The fourth-order valence-electron chi connectivity index (χ4n) is 1.16. The molecule has 0 aliphatic carbocycles. The van der Waals surface area contributed by atoms with Crippen molar-refractivity contribution in [3.63, 3.8) is 0 Å². The Morgan fingerprint density at radius 1 is 1.64 bits per heavy atom. The van der Waals surface area contributed by atoms with Crippen LogP contribution in [0.1, 0.15) is 12.0 Å². The van der Waals surface area contributed by atoms with Gasteiger partial charge in [-0.05, 0) is 12.1 Å². The Bertz CT molecular complexity index is 431. The third-order valence-electron chi connectivity index (χ3n) is 1.75. The lowest BCUT2D eigenvalue weighted by Gasteiger charge is -1.93. The summed E-state index contributed by atoms with van der Waals surface area (Å²) in [5.74, 6) is 2.10. The molecule has 0 fully saturated rings. The first-order chi connectivity index (χ1) is 6.75. The molecule has 0 aliphatic heterocycles. The molecule has 0 aliphatic rings. The standard InChI is InChI=1S/C9H10O2P3/c1-7(10)11-6-8-12-9-4-2-3-5-14(9)13-8/h2-5,13H,6H2,1H3/q+1.